The van der Waals surface area contributed by atoms with Crippen LogP contribution in [-0.2, 0) is 5.41 Å². The summed E-state index contributed by atoms with van der Waals surface area (Å²) in [6.07, 6.45) is 0. The van der Waals surface area contributed by atoms with Crippen LogP contribution in [0.15, 0.2) is 253 Å². The molecule has 0 atom stereocenters. The summed E-state index contributed by atoms with van der Waals surface area (Å²) in [4.78, 5) is 2.40. The first-order chi connectivity index (χ1) is 31.2. The SMILES string of the molecule is c1ccc(-c2ccc(N(c3ccc(-c4cccc5c4oc4ccccc45)cc3)c3ccc4c(c3)C(c3ccccc3)(c3ccccc3)c3cc(-c5ccccc5)ccc3-4)cc2)cc1. The van der Waals surface area contributed by atoms with Crippen LogP contribution in [0.25, 0.3) is 66.4 Å². The average Bonchev–Trinajstić information content (AvgIpc) is 3.89. The zero-order valence-corrected chi connectivity index (χ0v) is 34.5. The van der Waals surface area contributed by atoms with Gasteiger partial charge in [0.2, 0.25) is 0 Å². The minimum absolute atomic E-state index is 0.577. The Labute approximate surface area is 367 Å². The molecule has 10 aromatic carbocycles. The summed E-state index contributed by atoms with van der Waals surface area (Å²) in [5.74, 6) is 0. The molecule has 11 aromatic rings. The van der Waals surface area contributed by atoms with Gasteiger partial charge in [-0.2, -0.15) is 0 Å². The quantitative estimate of drug-likeness (QED) is 0.152. The standard InChI is InChI=1S/C61H41NO/c1-5-16-42(17-6-1)44-28-33-49(34-29-44)62(50-35-30-45(31-36-50)52-25-15-26-56-55-24-13-14-27-59(55)63-60(52)56)51-37-39-54-53-38-32-46(43-18-7-2-8-19-43)40-57(53)61(58(54)41-51,47-20-9-3-10-21-47)48-22-11-4-12-23-48/h1-41H. The minimum Gasteiger partial charge on any atom is -0.455 e. The van der Waals surface area contributed by atoms with E-state index in [9.17, 15) is 0 Å². The van der Waals surface area contributed by atoms with Crippen LogP contribution in [0, 0.1) is 0 Å². The number of hydrogen-bond acceptors (Lipinski definition) is 2. The summed E-state index contributed by atoms with van der Waals surface area (Å²) in [7, 11) is 0. The summed E-state index contributed by atoms with van der Waals surface area (Å²) in [6, 6.07) is 90.3. The van der Waals surface area contributed by atoms with E-state index in [-0.39, 0.29) is 0 Å². The van der Waals surface area contributed by atoms with E-state index in [1.54, 1.807) is 0 Å². The summed E-state index contributed by atoms with van der Waals surface area (Å²) < 4.78 is 6.49. The van der Waals surface area contributed by atoms with Crippen molar-refractivity contribution in [3.05, 3.63) is 271 Å². The highest BCUT2D eigenvalue weighted by atomic mass is 16.3. The highest BCUT2D eigenvalue weighted by molar-refractivity contribution is 6.09. The lowest BCUT2D eigenvalue weighted by molar-refractivity contribution is 0.670. The van der Waals surface area contributed by atoms with E-state index in [4.69, 9.17) is 4.42 Å². The van der Waals surface area contributed by atoms with Crippen molar-refractivity contribution >= 4 is 39.0 Å². The molecule has 0 spiro atoms. The van der Waals surface area contributed by atoms with Crippen molar-refractivity contribution < 1.29 is 4.42 Å². The zero-order chi connectivity index (χ0) is 41.7. The van der Waals surface area contributed by atoms with Crippen LogP contribution in [0.2, 0.25) is 0 Å². The van der Waals surface area contributed by atoms with E-state index in [0.29, 0.717) is 0 Å². The number of furan rings is 1. The van der Waals surface area contributed by atoms with Crippen LogP contribution in [0.3, 0.4) is 0 Å². The van der Waals surface area contributed by atoms with Crippen molar-refractivity contribution in [1.82, 2.24) is 0 Å². The van der Waals surface area contributed by atoms with Crippen LogP contribution in [0.4, 0.5) is 17.1 Å². The van der Waals surface area contributed by atoms with Gasteiger partial charge >= 0.3 is 0 Å². The van der Waals surface area contributed by atoms with Gasteiger partial charge in [0.15, 0.2) is 0 Å². The van der Waals surface area contributed by atoms with E-state index >= 15 is 0 Å². The molecule has 1 aromatic heterocycles. The largest absolute Gasteiger partial charge is 0.455 e. The van der Waals surface area contributed by atoms with Crippen LogP contribution in [0.1, 0.15) is 22.3 Å². The molecule has 1 aliphatic carbocycles. The predicted octanol–water partition coefficient (Wildman–Crippen LogP) is 16.4. The molecule has 1 heterocycles. The average molecular weight is 804 g/mol. The second-order valence-electron chi connectivity index (χ2n) is 16.4. The lowest BCUT2D eigenvalue weighted by Gasteiger charge is -2.35. The molecule has 0 N–H and O–H groups in total. The van der Waals surface area contributed by atoms with Crippen LogP contribution in [-0.4, -0.2) is 0 Å². The second kappa shape index (κ2) is 15.1. The molecule has 0 saturated heterocycles. The molecule has 0 bridgehead atoms. The van der Waals surface area contributed by atoms with Gasteiger partial charge in [-0.25, -0.2) is 0 Å². The molecule has 296 valence electrons. The van der Waals surface area contributed by atoms with Gasteiger partial charge in [0.25, 0.3) is 0 Å². The third-order valence-corrected chi connectivity index (χ3v) is 13.0. The molecule has 2 nitrogen and oxygen atoms in total. The van der Waals surface area contributed by atoms with Crippen molar-refractivity contribution in [3.63, 3.8) is 0 Å². The van der Waals surface area contributed by atoms with Crippen molar-refractivity contribution in [2.24, 2.45) is 0 Å². The fraction of sp³-hybridized carbons (Fsp3) is 0.0164. The molecule has 0 amide bonds. The third-order valence-electron chi connectivity index (χ3n) is 13.0. The number of nitrogens with zero attached hydrogens (tertiary/aromatic N) is 1. The lowest BCUT2D eigenvalue weighted by Crippen LogP contribution is -2.28. The Kier molecular flexibility index (Phi) is 8.76. The molecule has 0 fully saturated rings. The van der Waals surface area contributed by atoms with Crippen LogP contribution >= 0.6 is 0 Å². The molecule has 0 aliphatic heterocycles. The van der Waals surface area contributed by atoms with Crippen molar-refractivity contribution in [3.8, 4) is 44.5 Å². The summed E-state index contributed by atoms with van der Waals surface area (Å²) in [5, 5.41) is 2.26. The van der Waals surface area contributed by atoms with E-state index in [1.165, 1.54) is 55.6 Å². The van der Waals surface area contributed by atoms with E-state index in [2.05, 4.69) is 241 Å². The van der Waals surface area contributed by atoms with Gasteiger partial charge in [0.05, 0.1) is 5.41 Å². The Morgan fingerprint density at radius 3 is 1.40 bits per heavy atom. The predicted molar refractivity (Wildman–Crippen MR) is 262 cm³/mol. The maximum absolute atomic E-state index is 6.49. The zero-order valence-electron chi connectivity index (χ0n) is 34.5. The second-order valence-corrected chi connectivity index (χ2v) is 16.4. The van der Waals surface area contributed by atoms with Crippen LogP contribution in [0.5, 0.6) is 0 Å². The van der Waals surface area contributed by atoms with Crippen molar-refractivity contribution in [2.75, 3.05) is 4.90 Å². The van der Waals surface area contributed by atoms with Crippen molar-refractivity contribution in [1.29, 1.82) is 0 Å². The molecule has 63 heavy (non-hydrogen) atoms. The first-order valence-electron chi connectivity index (χ1n) is 21.7. The molecule has 0 radical (unpaired) electrons. The Bertz CT molecular complexity index is 3370. The molecule has 0 saturated carbocycles. The Balaban J connectivity index is 1.06. The summed E-state index contributed by atoms with van der Waals surface area (Å²) >= 11 is 0. The molecule has 0 unspecified atom stereocenters. The van der Waals surface area contributed by atoms with Gasteiger partial charge in [-0.3, -0.25) is 0 Å². The van der Waals surface area contributed by atoms with Gasteiger partial charge in [0.1, 0.15) is 11.2 Å². The number of rotatable bonds is 8. The number of anilines is 3. The topological polar surface area (TPSA) is 16.4 Å². The third kappa shape index (κ3) is 6.02. The van der Waals surface area contributed by atoms with E-state index in [0.717, 1.165) is 50.1 Å². The van der Waals surface area contributed by atoms with Crippen LogP contribution < -0.4 is 4.90 Å². The molecule has 1 aliphatic rings. The maximum Gasteiger partial charge on any atom is 0.143 e. The van der Waals surface area contributed by atoms with E-state index in [1.807, 2.05) is 12.1 Å². The van der Waals surface area contributed by atoms with Gasteiger partial charge in [-0.15, -0.1) is 0 Å². The van der Waals surface area contributed by atoms with Gasteiger partial charge < -0.3 is 9.32 Å². The summed E-state index contributed by atoms with van der Waals surface area (Å²) in [6.45, 7) is 0. The van der Waals surface area contributed by atoms with Gasteiger partial charge in [-0.05, 0) is 110 Å². The molecule has 12 rings (SSSR count). The smallest absolute Gasteiger partial charge is 0.143 e. The first kappa shape index (κ1) is 36.6. The summed E-state index contributed by atoms with van der Waals surface area (Å²) in [5.41, 5.74) is 19.0. The maximum atomic E-state index is 6.49. The number of para-hydroxylation sites is 2. The van der Waals surface area contributed by atoms with E-state index < -0.39 is 5.41 Å². The van der Waals surface area contributed by atoms with Crippen molar-refractivity contribution in [2.45, 2.75) is 5.41 Å². The molecule has 2 heteroatoms. The minimum atomic E-state index is -0.577. The molecular weight excluding hydrogens is 763 g/mol. The number of benzene rings is 10. The van der Waals surface area contributed by atoms with Gasteiger partial charge in [-0.1, -0.05) is 200 Å². The first-order valence-corrected chi connectivity index (χ1v) is 21.7. The van der Waals surface area contributed by atoms with Gasteiger partial charge in [0, 0.05) is 33.4 Å². The molecular formula is C61H41NO. The number of fused-ring (bicyclic) bond motifs is 6. The Morgan fingerprint density at radius 1 is 0.302 bits per heavy atom. The highest BCUT2D eigenvalue weighted by Gasteiger charge is 2.46. The Morgan fingerprint density at radius 2 is 0.762 bits per heavy atom. The fourth-order valence-electron chi connectivity index (χ4n) is 10.1. The fourth-order valence-corrected chi connectivity index (χ4v) is 10.1. The Hall–Kier alpha value is -8.20. The highest BCUT2D eigenvalue weighted by Crippen LogP contribution is 2.58. The normalized spacial score (nSPS) is 12.6. The monoisotopic (exact) mass is 803 g/mol. The number of hydrogen-bond donors (Lipinski definition) is 0. The lowest BCUT2D eigenvalue weighted by atomic mass is 9.67.